The second-order valence-electron chi connectivity index (χ2n) is 6.64. The number of alkyl halides is 1. The van der Waals surface area contributed by atoms with Gasteiger partial charge < -0.3 is 10.2 Å². The minimum absolute atomic E-state index is 0.476. The predicted octanol–water partition coefficient (Wildman–Crippen LogP) is 4.40. The first-order valence-corrected chi connectivity index (χ1v) is 8.76. The van der Waals surface area contributed by atoms with Crippen molar-refractivity contribution in [2.75, 3.05) is 23.3 Å². The molecule has 1 aliphatic heterocycles. The fourth-order valence-electron chi connectivity index (χ4n) is 3.63. The van der Waals surface area contributed by atoms with Gasteiger partial charge in [0.15, 0.2) is 5.82 Å². The van der Waals surface area contributed by atoms with Crippen LogP contribution in [-0.2, 0) is 0 Å². The van der Waals surface area contributed by atoms with Gasteiger partial charge in [0.1, 0.15) is 11.7 Å². The number of nitrogens with zero attached hydrogens (tertiary/aromatic N) is 3. The van der Waals surface area contributed by atoms with E-state index >= 15 is 0 Å². The summed E-state index contributed by atoms with van der Waals surface area (Å²) in [5.41, 5.74) is 3.75. The molecule has 26 heavy (non-hydrogen) atoms. The van der Waals surface area contributed by atoms with E-state index in [0.29, 0.717) is 18.8 Å². The molecule has 130 valence electrons. The topological polar surface area (TPSA) is 56.8 Å². The third kappa shape index (κ3) is 2.54. The van der Waals surface area contributed by atoms with Gasteiger partial charge in [-0.3, -0.25) is 10.1 Å². The smallest absolute Gasteiger partial charge is 0.178 e. The molecule has 2 aromatic carbocycles. The molecule has 5 rings (SSSR count). The fourth-order valence-corrected chi connectivity index (χ4v) is 3.63. The molecule has 0 amide bonds. The Morgan fingerprint density at radius 1 is 1.15 bits per heavy atom. The van der Waals surface area contributed by atoms with Crippen molar-refractivity contribution in [3.05, 3.63) is 54.7 Å². The van der Waals surface area contributed by atoms with E-state index < -0.39 is 6.17 Å². The van der Waals surface area contributed by atoms with Gasteiger partial charge in [-0.1, -0.05) is 18.2 Å². The van der Waals surface area contributed by atoms with E-state index in [1.807, 2.05) is 24.3 Å². The lowest BCUT2D eigenvalue weighted by Gasteiger charge is -2.20. The third-order valence-corrected chi connectivity index (χ3v) is 4.91. The number of hydrogen-bond acceptors (Lipinski definition) is 4. The lowest BCUT2D eigenvalue weighted by molar-refractivity contribution is 0.364. The lowest BCUT2D eigenvalue weighted by Crippen LogP contribution is -2.20. The maximum absolute atomic E-state index is 13.6. The number of fused-ring (bicyclic) bond motifs is 2. The van der Waals surface area contributed by atoms with E-state index in [9.17, 15) is 4.39 Å². The van der Waals surface area contributed by atoms with Crippen molar-refractivity contribution in [2.24, 2.45) is 0 Å². The highest BCUT2D eigenvalue weighted by molar-refractivity contribution is 5.97. The molecule has 2 N–H and O–H groups in total. The first kappa shape index (κ1) is 15.1. The van der Waals surface area contributed by atoms with Gasteiger partial charge >= 0.3 is 0 Å². The molecule has 0 saturated carbocycles. The minimum atomic E-state index is -0.730. The Labute approximate surface area is 149 Å². The normalized spacial score (nSPS) is 17.3. The van der Waals surface area contributed by atoms with Gasteiger partial charge in [0, 0.05) is 36.0 Å². The van der Waals surface area contributed by atoms with Crippen LogP contribution in [0.4, 0.5) is 21.6 Å². The maximum atomic E-state index is 13.6. The monoisotopic (exact) mass is 347 g/mol. The summed E-state index contributed by atoms with van der Waals surface area (Å²) in [5, 5.41) is 12.9. The molecule has 2 aromatic heterocycles. The van der Waals surface area contributed by atoms with Crippen LogP contribution in [0.5, 0.6) is 0 Å². The molecule has 3 heterocycles. The summed E-state index contributed by atoms with van der Waals surface area (Å²) in [6, 6.07) is 16.2. The van der Waals surface area contributed by atoms with Crippen molar-refractivity contribution in [1.29, 1.82) is 0 Å². The Bertz CT molecular complexity index is 1090. The summed E-state index contributed by atoms with van der Waals surface area (Å²) >= 11 is 0. The average molecular weight is 347 g/mol. The number of pyridine rings is 1. The SMILES string of the molecule is F[C@@H]1CCN(c2cccc3cc(Nc4n[nH]c5cccnc45)ccc23)C1. The van der Waals surface area contributed by atoms with Crippen LogP contribution in [0.25, 0.3) is 21.8 Å². The van der Waals surface area contributed by atoms with Gasteiger partial charge in [-0.15, -0.1) is 0 Å². The summed E-state index contributed by atoms with van der Waals surface area (Å²) in [4.78, 5) is 6.50. The Kier molecular flexibility index (Phi) is 3.48. The molecule has 1 saturated heterocycles. The fraction of sp³-hybridized carbons (Fsp3) is 0.200. The molecule has 5 nitrogen and oxygen atoms in total. The number of rotatable bonds is 3. The number of aromatic amines is 1. The van der Waals surface area contributed by atoms with E-state index in [-0.39, 0.29) is 0 Å². The molecule has 0 aliphatic carbocycles. The van der Waals surface area contributed by atoms with Gasteiger partial charge in [0.05, 0.1) is 5.52 Å². The first-order valence-electron chi connectivity index (χ1n) is 8.76. The van der Waals surface area contributed by atoms with Crippen LogP contribution in [0.2, 0.25) is 0 Å². The minimum Gasteiger partial charge on any atom is -0.368 e. The van der Waals surface area contributed by atoms with E-state index in [0.717, 1.165) is 39.7 Å². The quantitative estimate of drug-likeness (QED) is 0.577. The van der Waals surface area contributed by atoms with Gasteiger partial charge in [-0.2, -0.15) is 5.10 Å². The number of halogens is 1. The third-order valence-electron chi connectivity index (χ3n) is 4.91. The Hall–Kier alpha value is -3.15. The van der Waals surface area contributed by atoms with E-state index in [4.69, 9.17) is 0 Å². The van der Waals surface area contributed by atoms with Gasteiger partial charge in [-0.05, 0) is 42.1 Å². The Balaban J connectivity index is 1.50. The van der Waals surface area contributed by atoms with Crippen LogP contribution in [0, 0.1) is 0 Å². The largest absolute Gasteiger partial charge is 0.368 e. The van der Waals surface area contributed by atoms with Crippen molar-refractivity contribution in [3.8, 4) is 0 Å². The number of benzene rings is 2. The Morgan fingerprint density at radius 3 is 3.00 bits per heavy atom. The number of aromatic nitrogens is 3. The maximum Gasteiger partial charge on any atom is 0.178 e. The zero-order valence-corrected chi connectivity index (χ0v) is 14.1. The number of H-pyrrole nitrogens is 1. The van der Waals surface area contributed by atoms with Crippen molar-refractivity contribution < 1.29 is 4.39 Å². The highest BCUT2D eigenvalue weighted by Gasteiger charge is 2.23. The number of anilines is 3. The molecule has 1 aliphatic rings. The second kappa shape index (κ2) is 5.98. The summed E-state index contributed by atoms with van der Waals surface area (Å²) in [6.45, 7) is 1.25. The standard InChI is InChI=1S/C20H18FN5/c21-14-8-10-26(12-14)18-5-1-3-13-11-15(6-7-16(13)18)23-20-19-17(24-25-20)4-2-9-22-19/h1-7,9,11,14H,8,10,12H2,(H2,23,24,25)/t14-/m1/s1. The lowest BCUT2D eigenvalue weighted by atomic mass is 10.1. The molecular formula is C20H18FN5. The second-order valence-corrected chi connectivity index (χ2v) is 6.64. The molecule has 0 radical (unpaired) electrons. The van der Waals surface area contributed by atoms with Crippen molar-refractivity contribution in [2.45, 2.75) is 12.6 Å². The first-order chi connectivity index (χ1) is 12.8. The summed E-state index contributed by atoms with van der Waals surface area (Å²) in [6.07, 6.45) is 1.63. The summed E-state index contributed by atoms with van der Waals surface area (Å²) < 4.78 is 13.6. The highest BCUT2D eigenvalue weighted by atomic mass is 19.1. The summed E-state index contributed by atoms with van der Waals surface area (Å²) in [5.74, 6) is 0.705. The molecule has 0 bridgehead atoms. The van der Waals surface area contributed by atoms with Crippen LogP contribution >= 0.6 is 0 Å². The van der Waals surface area contributed by atoms with Crippen molar-refractivity contribution in [3.63, 3.8) is 0 Å². The molecule has 0 unspecified atom stereocenters. The molecule has 4 aromatic rings. The molecular weight excluding hydrogens is 329 g/mol. The van der Waals surface area contributed by atoms with Crippen molar-refractivity contribution >= 4 is 39.0 Å². The van der Waals surface area contributed by atoms with Crippen LogP contribution in [0.15, 0.2) is 54.7 Å². The molecule has 6 heteroatoms. The molecule has 1 atom stereocenters. The summed E-state index contributed by atoms with van der Waals surface area (Å²) in [7, 11) is 0. The van der Waals surface area contributed by atoms with E-state index in [1.165, 1.54) is 0 Å². The van der Waals surface area contributed by atoms with E-state index in [2.05, 4.69) is 49.7 Å². The highest BCUT2D eigenvalue weighted by Crippen LogP contribution is 2.32. The van der Waals surface area contributed by atoms with Crippen molar-refractivity contribution in [1.82, 2.24) is 15.2 Å². The molecule has 0 spiro atoms. The Morgan fingerprint density at radius 2 is 2.12 bits per heavy atom. The average Bonchev–Trinajstić information content (AvgIpc) is 3.28. The van der Waals surface area contributed by atoms with Crippen LogP contribution < -0.4 is 10.2 Å². The van der Waals surface area contributed by atoms with Gasteiger partial charge in [-0.25, -0.2) is 4.39 Å². The number of hydrogen-bond donors (Lipinski definition) is 2. The zero-order chi connectivity index (χ0) is 17.5. The zero-order valence-electron chi connectivity index (χ0n) is 14.1. The van der Waals surface area contributed by atoms with Crippen LogP contribution in [-0.4, -0.2) is 34.4 Å². The molecule has 1 fully saturated rings. The number of nitrogens with one attached hydrogen (secondary N) is 2. The van der Waals surface area contributed by atoms with Crippen LogP contribution in [0.3, 0.4) is 0 Å². The predicted molar refractivity (Wildman–Crippen MR) is 103 cm³/mol. The van der Waals surface area contributed by atoms with E-state index in [1.54, 1.807) is 6.20 Å². The van der Waals surface area contributed by atoms with Crippen LogP contribution in [0.1, 0.15) is 6.42 Å². The van der Waals surface area contributed by atoms with Gasteiger partial charge in [0.25, 0.3) is 0 Å². The van der Waals surface area contributed by atoms with Gasteiger partial charge in [0.2, 0.25) is 0 Å².